The number of carbonyl (C=O) groups is 1. The first-order valence-corrected chi connectivity index (χ1v) is 8.20. The van der Waals surface area contributed by atoms with Crippen molar-refractivity contribution >= 4 is 16.8 Å². The Labute approximate surface area is 129 Å². The van der Waals surface area contributed by atoms with E-state index < -0.39 is 0 Å². The number of aryl methyl sites for hydroxylation is 1. The Morgan fingerprint density at radius 1 is 1.36 bits per heavy atom. The molecule has 4 atom stereocenters. The van der Waals surface area contributed by atoms with E-state index in [2.05, 4.69) is 33.0 Å². The maximum Gasteiger partial charge on any atom is 0.275 e. The molecule has 2 unspecified atom stereocenters. The van der Waals surface area contributed by atoms with Gasteiger partial charge in [-0.1, -0.05) is 12.1 Å². The van der Waals surface area contributed by atoms with Crippen molar-refractivity contribution in [2.45, 2.75) is 31.8 Å². The lowest BCUT2D eigenvalue weighted by Gasteiger charge is -2.44. The molecular weight excluding hydrogens is 276 g/mol. The van der Waals surface area contributed by atoms with Crippen LogP contribution in [0, 0.1) is 12.8 Å². The molecule has 1 aromatic heterocycles. The second-order valence-corrected chi connectivity index (χ2v) is 7.10. The number of benzene rings is 1. The Balaban J connectivity index is 1.54. The second-order valence-electron chi connectivity index (χ2n) is 7.10. The van der Waals surface area contributed by atoms with Crippen molar-refractivity contribution in [3.8, 4) is 0 Å². The van der Waals surface area contributed by atoms with Crippen LogP contribution in [0.4, 0.5) is 0 Å². The van der Waals surface area contributed by atoms with E-state index in [-0.39, 0.29) is 5.91 Å². The average molecular weight is 296 g/mol. The largest absolute Gasteiger partial charge is 0.328 e. The summed E-state index contributed by atoms with van der Waals surface area (Å²) in [6.45, 7) is 5.36. The van der Waals surface area contributed by atoms with Gasteiger partial charge in [0.15, 0.2) is 5.69 Å². The van der Waals surface area contributed by atoms with Gasteiger partial charge in [-0.15, -0.1) is 0 Å². The van der Waals surface area contributed by atoms with Gasteiger partial charge >= 0.3 is 0 Å². The third kappa shape index (κ3) is 1.63. The summed E-state index contributed by atoms with van der Waals surface area (Å²) < 4.78 is 0. The lowest BCUT2D eigenvalue weighted by Crippen LogP contribution is -2.58. The fourth-order valence-corrected chi connectivity index (χ4v) is 4.73. The van der Waals surface area contributed by atoms with Crippen LogP contribution in [0.3, 0.4) is 0 Å². The van der Waals surface area contributed by atoms with E-state index in [4.69, 9.17) is 0 Å². The van der Waals surface area contributed by atoms with Crippen LogP contribution in [0.25, 0.3) is 10.9 Å². The number of nitrogens with zero attached hydrogens (tertiary/aromatic N) is 3. The number of piperazine rings is 1. The quantitative estimate of drug-likeness (QED) is 0.873. The van der Waals surface area contributed by atoms with Crippen LogP contribution < -0.4 is 0 Å². The van der Waals surface area contributed by atoms with Crippen molar-refractivity contribution in [3.05, 3.63) is 29.5 Å². The Morgan fingerprint density at radius 2 is 2.27 bits per heavy atom. The molecule has 3 aliphatic rings. The molecule has 22 heavy (non-hydrogen) atoms. The number of amides is 1. The summed E-state index contributed by atoms with van der Waals surface area (Å²) >= 11 is 0. The number of nitrogens with one attached hydrogen (secondary N) is 1. The minimum absolute atomic E-state index is 0.120. The molecule has 1 amide bonds. The summed E-state index contributed by atoms with van der Waals surface area (Å²) in [6.07, 6.45) is 2.42. The number of hydrogen-bond acceptors (Lipinski definition) is 3. The molecule has 0 spiro atoms. The molecule has 0 saturated carbocycles. The molecule has 3 bridgehead atoms. The minimum atomic E-state index is 0.120. The van der Waals surface area contributed by atoms with E-state index in [1.807, 2.05) is 12.1 Å². The van der Waals surface area contributed by atoms with E-state index in [0.29, 0.717) is 23.7 Å². The molecule has 5 rings (SSSR count). The van der Waals surface area contributed by atoms with Gasteiger partial charge in [0.25, 0.3) is 5.91 Å². The molecule has 114 valence electrons. The summed E-state index contributed by atoms with van der Waals surface area (Å²) in [4.78, 5) is 17.8. The molecule has 3 fully saturated rings. The summed E-state index contributed by atoms with van der Waals surface area (Å²) in [5, 5.41) is 8.32. The molecule has 3 aliphatic heterocycles. The van der Waals surface area contributed by atoms with Crippen molar-refractivity contribution in [2.75, 3.05) is 19.6 Å². The summed E-state index contributed by atoms with van der Waals surface area (Å²) in [6, 6.07) is 6.90. The Bertz CT molecular complexity index is 763. The molecular formula is C17H20N4O. The monoisotopic (exact) mass is 296 g/mol. The Hall–Kier alpha value is -1.88. The van der Waals surface area contributed by atoms with Crippen LogP contribution in [0.1, 0.15) is 28.9 Å². The first-order valence-electron chi connectivity index (χ1n) is 8.20. The lowest BCUT2D eigenvalue weighted by molar-refractivity contribution is 0.0258. The predicted octanol–water partition coefficient (Wildman–Crippen LogP) is 1.79. The van der Waals surface area contributed by atoms with Gasteiger partial charge in [0.2, 0.25) is 0 Å². The van der Waals surface area contributed by atoms with E-state index in [0.717, 1.165) is 24.0 Å². The number of aromatic amines is 1. The molecule has 1 aromatic carbocycles. The standard InChI is InChI=1S/C17H20N4O/c1-10-2-3-13-14(6-10)18-19-16(13)17(22)21-12-7-11-4-5-20(8-12)9-15(11)21/h2-3,6,11-12,15H,4-5,7-9H2,1H3,(H,18,19)/t11?,12-,15?/m1/s1. The van der Waals surface area contributed by atoms with Crippen molar-refractivity contribution in [2.24, 2.45) is 5.92 Å². The number of rotatable bonds is 1. The topological polar surface area (TPSA) is 52.2 Å². The first-order chi connectivity index (χ1) is 10.7. The van der Waals surface area contributed by atoms with Crippen LogP contribution >= 0.6 is 0 Å². The number of H-pyrrole nitrogens is 1. The van der Waals surface area contributed by atoms with Crippen LogP contribution in [0.15, 0.2) is 18.2 Å². The van der Waals surface area contributed by atoms with Crippen molar-refractivity contribution in [1.29, 1.82) is 0 Å². The molecule has 0 radical (unpaired) electrons. The maximum absolute atomic E-state index is 13.1. The van der Waals surface area contributed by atoms with Crippen LogP contribution in [-0.2, 0) is 0 Å². The highest BCUT2D eigenvalue weighted by Gasteiger charge is 2.51. The highest BCUT2D eigenvalue weighted by atomic mass is 16.2. The number of aromatic nitrogens is 2. The Kier molecular flexibility index (Phi) is 2.48. The molecule has 5 heteroatoms. The van der Waals surface area contributed by atoms with Gasteiger partial charge in [-0.05, 0) is 43.9 Å². The van der Waals surface area contributed by atoms with Gasteiger partial charge in [0.05, 0.1) is 5.52 Å². The fraction of sp³-hybridized carbons (Fsp3) is 0.529. The SMILES string of the molecule is Cc1ccc2c(C(=O)N3C4C[N@@]5CCC4C[C@@H]3C5)n[nH]c2c1. The highest BCUT2D eigenvalue weighted by Crippen LogP contribution is 2.41. The smallest absolute Gasteiger partial charge is 0.275 e. The van der Waals surface area contributed by atoms with Crippen LogP contribution in [-0.4, -0.2) is 57.6 Å². The van der Waals surface area contributed by atoms with Gasteiger partial charge in [-0.2, -0.15) is 5.10 Å². The molecule has 0 aliphatic carbocycles. The molecule has 5 nitrogen and oxygen atoms in total. The molecule has 2 aromatic rings. The number of hydrogen-bond donors (Lipinski definition) is 1. The van der Waals surface area contributed by atoms with E-state index in [9.17, 15) is 4.79 Å². The van der Waals surface area contributed by atoms with Gasteiger partial charge in [0.1, 0.15) is 0 Å². The third-order valence-corrected chi connectivity index (χ3v) is 5.76. The zero-order valence-corrected chi connectivity index (χ0v) is 12.7. The second kappa shape index (κ2) is 4.32. The number of fused-ring (bicyclic) bond motifs is 3. The van der Waals surface area contributed by atoms with Crippen molar-refractivity contribution in [3.63, 3.8) is 0 Å². The zero-order valence-electron chi connectivity index (χ0n) is 12.7. The third-order valence-electron chi connectivity index (χ3n) is 5.76. The van der Waals surface area contributed by atoms with Crippen molar-refractivity contribution < 1.29 is 4.79 Å². The highest BCUT2D eigenvalue weighted by molar-refractivity contribution is 6.05. The van der Waals surface area contributed by atoms with E-state index >= 15 is 0 Å². The van der Waals surface area contributed by atoms with E-state index in [1.54, 1.807) is 0 Å². The average Bonchev–Trinajstić information content (AvgIpc) is 2.95. The normalized spacial score (nSPS) is 32.9. The van der Waals surface area contributed by atoms with Gasteiger partial charge in [-0.3, -0.25) is 14.8 Å². The van der Waals surface area contributed by atoms with Crippen molar-refractivity contribution in [1.82, 2.24) is 20.0 Å². The lowest BCUT2D eigenvalue weighted by atomic mass is 9.93. The summed E-state index contributed by atoms with van der Waals surface area (Å²) in [5.74, 6) is 0.814. The van der Waals surface area contributed by atoms with Gasteiger partial charge in [0, 0.05) is 30.6 Å². The maximum atomic E-state index is 13.1. The first kappa shape index (κ1) is 12.6. The Morgan fingerprint density at radius 3 is 3.18 bits per heavy atom. The fourth-order valence-electron chi connectivity index (χ4n) is 4.73. The van der Waals surface area contributed by atoms with Crippen LogP contribution in [0.2, 0.25) is 0 Å². The number of piperidine rings is 1. The zero-order chi connectivity index (χ0) is 14.8. The molecule has 1 N–H and O–H groups in total. The molecule has 4 heterocycles. The summed E-state index contributed by atoms with van der Waals surface area (Å²) in [5.41, 5.74) is 2.73. The predicted molar refractivity (Wildman–Crippen MR) is 83.7 cm³/mol. The van der Waals surface area contributed by atoms with Gasteiger partial charge < -0.3 is 4.90 Å². The summed E-state index contributed by atoms with van der Waals surface area (Å²) in [7, 11) is 0. The van der Waals surface area contributed by atoms with Gasteiger partial charge in [-0.25, -0.2) is 0 Å². The minimum Gasteiger partial charge on any atom is -0.328 e. The van der Waals surface area contributed by atoms with Crippen LogP contribution in [0.5, 0.6) is 0 Å². The van der Waals surface area contributed by atoms with E-state index in [1.165, 1.54) is 24.9 Å². The molecule has 3 saturated heterocycles. The number of carbonyl (C=O) groups excluding carboxylic acids is 1.